The van der Waals surface area contributed by atoms with Crippen molar-refractivity contribution in [2.45, 2.75) is 77.6 Å². The van der Waals surface area contributed by atoms with Crippen LogP contribution < -0.4 is 16.2 Å². The van der Waals surface area contributed by atoms with Gasteiger partial charge in [-0.3, -0.25) is 0 Å². The summed E-state index contributed by atoms with van der Waals surface area (Å²) in [4.78, 5) is 0. The van der Waals surface area contributed by atoms with Gasteiger partial charge in [-0.05, 0) is 111 Å². The maximum Gasteiger partial charge on any atom is 0.198 e. The Hall–Kier alpha value is -7.80. The Morgan fingerprint density at radius 3 is 1.89 bits per heavy atom. The summed E-state index contributed by atoms with van der Waals surface area (Å²) in [5.41, 5.74) is 19.2. The highest BCUT2D eigenvalue weighted by molar-refractivity contribution is 7.25. The first-order valence-corrected chi connectivity index (χ1v) is 27.1. The third kappa shape index (κ3) is 6.46. The molecular formula is C68H55BN2O2S. The summed E-state index contributed by atoms with van der Waals surface area (Å²) in [7, 11) is 0.742. The van der Waals surface area contributed by atoms with Crippen molar-refractivity contribution in [2.24, 2.45) is 0 Å². The van der Waals surface area contributed by atoms with Crippen LogP contribution in [-0.2, 0) is 16.2 Å². The van der Waals surface area contributed by atoms with Crippen LogP contribution in [0.25, 0.3) is 114 Å². The SMILES string of the molecule is CC(C)(C)c1ccc(Nc2cc3sc4cc5c(cc4c3cc2-c2ccc3c4cc6c(cc4n4c3c2Bc2cc3c(-c7ccccc7)oc(-c7ccccc7)c3cc2-4)oc2ccccc26)C(C)(C)CCC5(C)C)cc1. The van der Waals surface area contributed by atoms with Crippen molar-refractivity contribution in [1.29, 1.82) is 0 Å². The summed E-state index contributed by atoms with van der Waals surface area (Å²) < 4.78 is 18.9. The molecule has 9 aromatic carbocycles. The topological polar surface area (TPSA) is 43.2 Å². The monoisotopic (exact) mass is 974 g/mol. The summed E-state index contributed by atoms with van der Waals surface area (Å²) in [5.74, 6) is 1.77. The van der Waals surface area contributed by atoms with Gasteiger partial charge in [0.2, 0.25) is 0 Å². The van der Waals surface area contributed by atoms with Crippen LogP contribution in [-0.4, -0.2) is 11.8 Å². The van der Waals surface area contributed by atoms with Crippen LogP contribution in [0.15, 0.2) is 179 Å². The number of para-hydroxylation sites is 1. The largest absolute Gasteiger partial charge is 0.456 e. The van der Waals surface area contributed by atoms with Crippen molar-refractivity contribution in [3.63, 3.8) is 0 Å². The van der Waals surface area contributed by atoms with Gasteiger partial charge < -0.3 is 18.7 Å². The molecule has 13 aromatic rings. The first-order chi connectivity index (χ1) is 35.8. The molecule has 0 radical (unpaired) electrons. The molecule has 2 aliphatic rings. The molecule has 0 spiro atoms. The molecule has 0 saturated carbocycles. The van der Waals surface area contributed by atoms with Gasteiger partial charge in [0.15, 0.2) is 7.28 Å². The molecule has 6 heteroatoms. The average Bonchev–Trinajstić information content (AvgIpc) is 4.16. The summed E-state index contributed by atoms with van der Waals surface area (Å²) in [6.45, 7) is 16.6. The molecule has 15 rings (SSSR count). The molecule has 4 nitrogen and oxygen atoms in total. The van der Waals surface area contributed by atoms with Crippen LogP contribution in [0.4, 0.5) is 11.4 Å². The molecule has 5 heterocycles. The fourth-order valence-electron chi connectivity index (χ4n) is 12.9. The van der Waals surface area contributed by atoms with Crippen molar-refractivity contribution < 1.29 is 8.83 Å². The number of anilines is 2. The zero-order chi connectivity index (χ0) is 50.0. The molecule has 1 aliphatic carbocycles. The van der Waals surface area contributed by atoms with Crippen LogP contribution in [0, 0.1) is 0 Å². The highest BCUT2D eigenvalue weighted by atomic mass is 32.1. The smallest absolute Gasteiger partial charge is 0.198 e. The lowest BCUT2D eigenvalue weighted by Crippen LogP contribution is -2.37. The van der Waals surface area contributed by atoms with Crippen LogP contribution >= 0.6 is 11.3 Å². The minimum Gasteiger partial charge on any atom is -0.456 e. The van der Waals surface area contributed by atoms with Gasteiger partial charge in [-0.25, -0.2) is 0 Å². The summed E-state index contributed by atoms with van der Waals surface area (Å²) in [6.07, 6.45) is 2.37. The van der Waals surface area contributed by atoms with Gasteiger partial charge in [-0.2, -0.15) is 0 Å². The van der Waals surface area contributed by atoms with Gasteiger partial charge in [0.25, 0.3) is 0 Å². The second-order valence-electron chi connectivity index (χ2n) is 23.6. The van der Waals surface area contributed by atoms with Crippen LogP contribution in [0.3, 0.4) is 0 Å². The van der Waals surface area contributed by atoms with Gasteiger partial charge in [0.05, 0.1) is 5.52 Å². The molecule has 358 valence electrons. The first-order valence-electron chi connectivity index (χ1n) is 26.3. The van der Waals surface area contributed by atoms with Crippen LogP contribution in [0.2, 0.25) is 0 Å². The number of nitrogens with zero attached hydrogens (tertiary/aromatic N) is 1. The van der Waals surface area contributed by atoms with Gasteiger partial charge in [-0.15, -0.1) is 11.3 Å². The lowest BCUT2D eigenvalue weighted by atomic mass is 9.58. The average molecular weight is 975 g/mol. The van der Waals surface area contributed by atoms with Crippen LogP contribution in [0.1, 0.15) is 78.0 Å². The van der Waals surface area contributed by atoms with E-state index in [0.717, 1.165) is 79.5 Å². The molecule has 74 heavy (non-hydrogen) atoms. The molecular weight excluding hydrogens is 920 g/mol. The molecule has 0 fully saturated rings. The predicted molar refractivity (Wildman–Crippen MR) is 317 cm³/mol. The van der Waals surface area contributed by atoms with Crippen molar-refractivity contribution >= 4 is 116 Å². The van der Waals surface area contributed by atoms with E-state index in [2.05, 4.69) is 228 Å². The number of nitrogens with one attached hydrogen (secondary N) is 1. The number of benzene rings is 9. The molecule has 0 saturated heterocycles. The number of hydrogen-bond donors (Lipinski definition) is 1. The van der Waals surface area contributed by atoms with Crippen molar-refractivity contribution in [2.75, 3.05) is 5.32 Å². The van der Waals surface area contributed by atoms with Crippen molar-refractivity contribution in [1.82, 2.24) is 4.57 Å². The Kier molecular flexibility index (Phi) is 9.09. The standard InChI is InChI=1S/C68H55BN2O2S/c1-66(2,3)40-22-24-41(25-23-40)70-55-36-61-48(49-32-52-53(35-60(49)74-61)68(6,7)29-28-67(52,4)5)30-45(55)43-26-27-44-46-31-47-42-20-14-15-21-58(42)72-59(47)37-56(46)71-57-34-51-50(33-54(57)69-62(43)63(44)71)64(38-16-10-8-11-17-38)73-65(51)39-18-12-9-13-19-39/h8-27,30-37,69-70H,28-29H2,1-7H3. The maximum atomic E-state index is 7.05. The van der Waals surface area contributed by atoms with E-state index in [1.807, 2.05) is 11.3 Å². The first kappa shape index (κ1) is 43.8. The maximum absolute atomic E-state index is 7.05. The number of rotatable bonds is 5. The minimum atomic E-state index is 0.0530. The quantitative estimate of drug-likeness (QED) is 0.175. The third-order valence-electron chi connectivity index (χ3n) is 17.0. The van der Waals surface area contributed by atoms with E-state index in [-0.39, 0.29) is 16.2 Å². The number of furan rings is 2. The van der Waals surface area contributed by atoms with E-state index < -0.39 is 0 Å². The Bertz CT molecular complexity index is 4500. The van der Waals surface area contributed by atoms with Crippen molar-refractivity contribution in [3.8, 4) is 39.5 Å². The number of hydrogen-bond acceptors (Lipinski definition) is 4. The van der Waals surface area contributed by atoms with Crippen LogP contribution in [0.5, 0.6) is 0 Å². The lowest BCUT2D eigenvalue weighted by Gasteiger charge is -2.41. The van der Waals surface area contributed by atoms with Gasteiger partial charge in [0.1, 0.15) is 22.7 Å². The molecule has 1 N–H and O–H groups in total. The molecule has 4 aromatic heterocycles. The molecule has 0 unspecified atom stereocenters. The summed E-state index contributed by atoms with van der Waals surface area (Å²) >= 11 is 1.93. The molecule has 0 atom stereocenters. The number of aromatic nitrogens is 1. The van der Waals surface area contributed by atoms with E-state index in [4.69, 9.17) is 8.83 Å². The fourth-order valence-corrected chi connectivity index (χ4v) is 14.0. The summed E-state index contributed by atoms with van der Waals surface area (Å²) in [5, 5.41) is 13.6. The zero-order valence-corrected chi connectivity index (χ0v) is 43.8. The number of thiophene rings is 1. The van der Waals surface area contributed by atoms with Gasteiger partial charge in [-0.1, -0.05) is 163 Å². The normalized spacial score (nSPS) is 14.9. The van der Waals surface area contributed by atoms with E-state index in [0.29, 0.717) is 0 Å². The molecule has 0 bridgehead atoms. The summed E-state index contributed by atoms with van der Waals surface area (Å²) in [6, 6.07) is 63.0. The highest BCUT2D eigenvalue weighted by Gasteiger charge is 2.38. The minimum absolute atomic E-state index is 0.0530. The molecule has 0 amide bonds. The Morgan fingerprint density at radius 2 is 1.18 bits per heavy atom. The third-order valence-corrected chi connectivity index (χ3v) is 18.1. The Morgan fingerprint density at radius 1 is 0.527 bits per heavy atom. The van der Waals surface area contributed by atoms with Gasteiger partial charge in [0, 0.05) is 97.8 Å². The van der Waals surface area contributed by atoms with E-state index in [9.17, 15) is 0 Å². The Labute approximate surface area is 435 Å². The number of fused-ring (bicyclic) bond motifs is 13. The van der Waals surface area contributed by atoms with E-state index >= 15 is 0 Å². The highest BCUT2D eigenvalue weighted by Crippen LogP contribution is 2.51. The second kappa shape index (κ2) is 15.4. The lowest BCUT2D eigenvalue weighted by molar-refractivity contribution is 0.332. The predicted octanol–water partition coefficient (Wildman–Crippen LogP) is 17.9. The fraction of sp³-hybridized carbons (Fsp3) is 0.176. The Balaban J connectivity index is 1.03. The van der Waals surface area contributed by atoms with Gasteiger partial charge >= 0.3 is 0 Å². The van der Waals surface area contributed by atoms with Crippen molar-refractivity contribution in [3.05, 3.63) is 187 Å². The van der Waals surface area contributed by atoms with E-state index in [1.54, 1.807) is 0 Å². The molecule has 1 aliphatic heterocycles. The zero-order valence-electron chi connectivity index (χ0n) is 43.0. The van der Waals surface area contributed by atoms with E-state index in [1.165, 1.54) is 93.7 Å². The second-order valence-corrected chi connectivity index (χ2v) is 24.7.